The third kappa shape index (κ3) is 4.53. The summed E-state index contributed by atoms with van der Waals surface area (Å²) in [4.78, 5) is 29.0. The highest BCUT2D eigenvalue weighted by atomic mass is 32.2. The van der Waals surface area contributed by atoms with E-state index < -0.39 is 5.97 Å². The molecule has 3 N–H and O–H groups in total. The first-order valence-corrected chi connectivity index (χ1v) is 7.77. The summed E-state index contributed by atoms with van der Waals surface area (Å²) in [7, 11) is 3.65. The minimum absolute atomic E-state index is 0.0689. The summed E-state index contributed by atoms with van der Waals surface area (Å²) in [6.07, 6.45) is -0.0689. The van der Waals surface area contributed by atoms with E-state index in [1.165, 1.54) is 23.1 Å². The quantitative estimate of drug-likeness (QED) is 0.746. The largest absolute Gasteiger partial charge is 0.481 e. The fraction of sp³-hybridized carbons (Fsp3) is 0.364. The van der Waals surface area contributed by atoms with Gasteiger partial charge in [0, 0.05) is 19.5 Å². The molecule has 0 spiro atoms. The van der Waals surface area contributed by atoms with E-state index in [0.717, 1.165) is 4.34 Å². The number of rotatable bonds is 6. The number of anilines is 2. The average molecular weight is 326 g/mol. The molecule has 0 atom stereocenters. The number of nitrogen functional groups attached to an aromatic ring is 1. The predicted molar refractivity (Wildman–Crippen MR) is 81.6 cm³/mol. The summed E-state index contributed by atoms with van der Waals surface area (Å²) >= 11 is 2.84. The molecule has 0 aliphatic carbocycles. The van der Waals surface area contributed by atoms with Gasteiger partial charge in [-0.2, -0.15) is 15.0 Å². The molecule has 0 fully saturated rings. The van der Waals surface area contributed by atoms with E-state index in [-0.39, 0.29) is 12.4 Å². The smallest absolute Gasteiger partial charge is 0.309 e. The first kappa shape index (κ1) is 15.4. The maximum atomic E-state index is 10.6. The first-order chi connectivity index (χ1) is 9.94. The van der Waals surface area contributed by atoms with Crippen molar-refractivity contribution in [1.82, 2.24) is 19.9 Å². The maximum Gasteiger partial charge on any atom is 0.309 e. The molecule has 21 heavy (non-hydrogen) atoms. The molecule has 2 heterocycles. The van der Waals surface area contributed by atoms with E-state index in [1.807, 2.05) is 14.1 Å². The third-order valence-corrected chi connectivity index (χ3v) is 4.34. The van der Waals surface area contributed by atoms with Crippen LogP contribution in [0.1, 0.15) is 11.5 Å². The van der Waals surface area contributed by atoms with Crippen molar-refractivity contribution >= 4 is 41.0 Å². The Bertz CT molecular complexity index is 645. The molecule has 112 valence electrons. The van der Waals surface area contributed by atoms with Crippen LogP contribution in [0.15, 0.2) is 9.72 Å². The van der Waals surface area contributed by atoms with E-state index in [1.54, 1.807) is 10.3 Å². The van der Waals surface area contributed by atoms with Crippen LogP contribution in [0.4, 0.5) is 11.9 Å². The highest BCUT2D eigenvalue weighted by Gasteiger charge is 2.10. The average Bonchev–Trinajstić information content (AvgIpc) is 2.82. The number of hydrogen-bond acceptors (Lipinski definition) is 9. The number of thiazole rings is 1. The van der Waals surface area contributed by atoms with Crippen LogP contribution in [-0.2, 0) is 17.0 Å². The van der Waals surface area contributed by atoms with E-state index >= 15 is 0 Å². The number of carbonyl (C=O) groups is 1. The molecular formula is C11H14N6O2S2. The van der Waals surface area contributed by atoms with E-state index in [0.29, 0.717) is 23.2 Å². The molecule has 0 bridgehead atoms. The van der Waals surface area contributed by atoms with Crippen LogP contribution in [0.25, 0.3) is 0 Å². The lowest BCUT2D eigenvalue weighted by atomic mass is 10.3. The zero-order chi connectivity index (χ0) is 15.4. The molecule has 0 amide bonds. The zero-order valence-electron chi connectivity index (χ0n) is 11.5. The number of aliphatic carboxylic acids is 1. The van der Waals surface area contributed by atoms with Crippen LogP contribution < -0.4 is 10.6 Å². The van der Waals surface area contributed by atoms with Crippen molar-refractivity contribution in [3.63, 3.8) is 0 Å². The van der Waals surface area contributed by atoms with E-state index in [2.05, 4.69) is 19.9 Å². The number of nitrogens with two attached hydrogens (primary N) is 1. The van der Waals surface area contributed by atoms with Crippen LogP contribution in [-0.4, -0.2) is 45.1 Å². The molecule has 0 saturated heterocycles. The van der Waals surface area contributed by atoms with Crippen molar-refractivity contribution < 1.29 is 9.90 Å². The standard InChI is InChI=1S/C11H14N6O2S2/c1-17(2)10-15-7(14-9(12)16-10)5-21-11-13-6(4-20-11)3-8(18)19/h4H,3,5H2,1-2H3,(H,18,19)(H2,12,14,15,16). The molecule has 0 aliphatic heterocycles. The van der Waals surface area contributed by atoms with Crippen LogP contribution in [0.5, 0.6) is 0 Å². The van der Waals surface area contributed by atoms with Gasteiger partial charge in [-0.3, -0.25) is 4.79 Å². The molecule has 0 aliphatic rings. The highest BCUT2D eigenvalue weighted by molar-refractivity contribution is 8.00. The van der Waals surface area contributed by atoms with E-state index in [9.17, 15) is 4.79 Å². The molecule has 2 rings (SSSR count). The lowest BCUT2D eigenvalue weighted by Crippen LogP contribution is -2.15. The lowest BCUT2D eigenvalue weighted by Gasteiger charge is -2.10. The summed E-state index contributed by atoms with van der Waals surface area (Å²) in [5.74, 6) is 0.843. The number of thioether (sulfide) groups is 1. The summed E-state index contributed by atoms with van der Waals surface area (Å²) in [6, 6.07) is 0. The summed E-state index contributed by atoms with van der Waals surface area (Å²) in [5.41, 5.74) is 6.20. The molecular weight excluding hydrogens is 312 g/mol. The van der Waals surface area contributed by atoms with Gasteiger partial charge in [0.2, 0.25) is 11.9 Å². The second kappa shape index (κ2) is 6.68. The third-order valence-electron chi connectivity index (χ3n) is 2.27. The van der Waals surface area contributed by atoms with Crippen LogP contribution in [0, 0.1) is 0 Å². The topological polar surface area (TPSA) is 118 Å². The Hall–Kier alpha value is -1.94. The van der Waals surface area contributed by atoms with Gasteiger partial charge in [-0.05, 0) is 0 Å². The van der Waals surface area contributed by atoms with Gasteiger partial charge in [-0.25, -0.2) is 4.98 Å². The van der Waals surface area contributed by atoms with Crippen molar-refractivity contribution in [3.8, 4) is 0 Å². The van der Waals surface area contributed by atoms with Gasteiger partial charge in [-0.15, -0.1) is 11.3 Å². The Labute approximate surface area is 129 Å². The Morgan fingerprint density at radius 2 is 2.14 bits per heavy atom. The molecule has 0 unspecified atom stereocenters. The van der Waals surface area contributed by atoms with Crippen molar-refractivity contribution in [2.45, 2.75) is 16.5 Å². The Morgan fingerprint density at radius 1 is 1.38 bits per heavy atom. The molecule has 0 radical (unpaired) electrons. The SMILES string of the molecule is CN(C)c1nc(N)nc(CSc2nc(CC(=O)O)cs2)n1. The fourth-order valence-corrected chi connectivity index (χ4v) is 3.11. The Morgan fingerprint density at radius 3 is 2.81 bits per heavy atom. The number of hydrogen-bond donors (Lipinski definition) is 2. The predicted octanol–water partition coefficient (Wildman–Crippen LogP) is 0.896. The second-order valence-electron chi connectivity index (χ2n) is 4.27. The van der Waals surface area contributed by atoms with Gasteiger partial charge in [-0.1, -0.05) is 11.8 Å². The normalized spacial score (nSPS) is 10.6. The van der Waals surface area contributed by atoms with Crippen molar-refractivity contribution in [3.05, 3.63) is 16.9 Å². The molecule has 2 aromatic heterocycles. The lowest BCUT2D eigenvalue weighted by molar-refractivity contribution is -0.136. The number of carboxylic acid groups (broad SMARTS) is 1. The number of nitrogens with zero attached hydrogens (tertiary/aromatic N) is 5. The monoisotopic (exact) mass is 326 g/mol. The van der Waals surface area contributed by atoms with Crippen LogP contribution in [0.2, 0.25) is 0 Å². The molecule has 0 aromatic carbocycles. The minimum Gasteiger partial charge on any atom is -0.481 e. The van der Waals surface area contributed by atoms with Gasteiger partial charge in [0.25, 0.3) is 0 Å². The van der Waals surface area contributed by atoms with E-state index in [4.69, 9.17) is 10.8 Å². The van der Waals surface area contributed by atoms with Gasteiger partial charge < -0.3 is 15.7 Å². The fourth-order valence-electron chi connectivity index (χ4n) is 1.41. The van der Waals surface area contributed by atoms with Crippen molar-refractivity contribution in [1.29, 1.82) is 0 Å². The molecule has 10 heteroatoms. The van der Waals surface area contributed by atoms with Crippen molar-refractivity contribution in [2.75, 3.05) is 24.7 Å². The Balaban J connectivity index is 2.02. The second-order valence-corrected chi connectivity index (χ2v) is 6.35. The van der Waals surface area contributed by atoms with Crippen LogP contribution in [0.3, 0.4) is 0 Å². The van der Waals surface area contributed by atoms with Gasteiger partial charge >= 0.3 is 5.97 Å². The van der Waals surface area contributed by atoms with Gasteiger partial charge in [0.05, 0.1) is 17.9 Å². The first-order valence-electron chi connectivity index (χ1n) is 5.91. The highest BCUT2D eigenvalue weighted by Crippen LogP contribution is 2.25. The van der Waals surface area contributed by atoms with Crippen molar-refractivity contribution in [2.24, 2.45) is 0 Å². The van der Waals surface area contributed by atoms with Gasteiger partial charge in [0.1, 0.15) is 5.82 Å². The number of aromatic nitrogens is 4. The Kier molecular flexibility index (Phi) is 4.91. The molecule has 8 nitrogen and oxygen atoms in total. The summed E-state index contributed by atoms with van der Waals surface area (Å²) in [5, 5.41) is 10.4. The summed E-state index contributed by atoms with van der Waals surface area (Å²) in [6.45, 7) is 0. The zero-order valence-corrected chi connectivity index (χ0v) is 13.1. The number of carboxylic acids is 1. The maximum absolute atomic E-state index is 10.6. The van der Waals surface area contributed by atoms with Gasteiger partial charge in [0.15, 0.2) is 4.34 Å². The summed E-state index contributed by atoms with van der Waals surface area (Å²) < 4.78 is 0.775. The molecule has 2 aromatic rings. The van der Waals surface area contributed by atoms with Crippen LogP contribution >= 0.6 is 23.1 Å². The molecule has 0 saturated carbocycles. The minimum atomic E-state index is -0.891.